The van der Waals surface area contributed by atoms with Crippen molar-refractivity contribution in [3.63, 3.8) is 0 Å². The monoisotopic (exact) mass is 2040 g/mol. The summed E-state index contributed by atoms with van der Waals surface area (Å²) in [5.41, 5.74) is 11.8. The Labute approximate surface area is 850 Å². The van der Waals surface area contributed by atoms with Crippen molar-refractivity contribution in [1.29, 1.82) is 27.0 Å². The molecule has 3 fully saturated rings. The largest absolute Gasteiger partial charge is 0.417 e. The van der Waals surface area contributed by atoms with E-state index in [0.29, 0.717) is 137 Å². The molecule has 5 aromatic heterocycles. The third kappa shape index (κ3) is 34.8. The second-order valence-electron chi connectivity index (χ2n) is 36.5. The second-order valence-corrected chi connectivity index (χ2v) is 41.7. The molecule has 0 radical (unpaired) electrons. The minimum absolute atomic E-state index is 0.0464. The SMILES string of the molecule is CC(=N)CCCCC(NC(=O)C1CCC(N)C1)C(=O)c1nc2ccccc2s1.CC(=N)CCCCC(NC(=O)C1CCCNC1)C(=O)c1nc2ccccc2s1.CC(=N)CCCCC(NC(=O)C1CCNC1)C(=O)c1nc2ccccc2s1.CC(=N)CCCCC(NC(=O)c1ccccc1)C(=O)c1nc2ccccc2s1.CC(=N)CCCCC(NC(=O)c1ccccc1C(F)(F)F)C(=O)c1nc2ccccc2s1. The highest BCUT2D eigenvalue weighted by atomic mass is 32.1. The molecule has 15 rings (SSSR count). The van der Waals surface area contributed by atoms with Crippen molar-refractivity contribution < 1.29 is 61.1 Å². The molecule has 143 heavy (non-hydrogen) atoms. The third-order valence-electron chi connectivity index (χ3n) is 24.6. The highest BCUT2D eigenvalue weighted by Crippen LogP contribution is 2.35. The molecule has 5 amide bonds. The fraction of sp³-hybridized carbons (Fsp3) is 0.421. The number of rotatable bonds is 45. The number of unbranched alkanes of at least 4 members (excludes halogenated alkanes) is 5. The van der Waals surface area contributed by atoms with Gasteiger partial charge in [-0.1, -0.05) is 123 Å². The van der Waals surface area contributed by atoms with Crippen molar-refractivity contribution in [3.05, 3.63) is 218 Å². The van der Waals surface area contributed by atoms with Crippen LogP contribution in [0.15, 0.2) is 176 Å². The van der Waals surface area contributed by atoms with Crippen molar-refractivity contribution in [2.45, 2.75) is 244 Å². The number of para-hydroxylation sites is 5. The summed E-state index contributed by atoms with van der Waals surface area (Å²) in [7, 11) is 0. The number of hydrogen-bond acceptors (Lipinski definition) is 28. The average molecular weight is 2040 g/mol. The molecule has 28 nitrogen and oxygen atoms in total. The predicted octanol–water partition coefficient (Wildman–Crippen LogP) is 21.2. The average Bonchev–Trinajstić information content (AvgIpc) is 1.55. The van der Waals surface area contributed by atoms with E-state index in [0.717, 1.165) is 167 Å². The van der Waals surface area contributed by atoms with Crippen LogP contribution in [-0.4, -0.2) is 174 Å². The number of carbonyl (C=O) groups is 10. The highest BCUT2D eigenvalue weighted by molar-refractivity contribution is 7.22. The van der Waals surface area contributed by atoms with Gasteiger partial charge >= 0.3 is 6.18 Å². The number of hydrogen-bond donors (Lipinski definition) is 13. The Balaban J connectivity index is 0.000000171. The van der Waals surface area contributed by atoms with Crippen molar-refractivity contribution in [2.24, 2.45) is 23.5 Å². The van der Waals surface area contributed by atoms with Gasteiger partial charge in [0.1, 0.15) is 0 Å². The lowest BCUT2D eigenvalue weighted by atomic mass is 9.97. The zero-order chi connectivity index (χ0) is 102. The standard InChI is InChI=1S/C23H22F3N3O2S.C22H23N3O2S.2C21H28N4O2S.C20H26N4O2S/c1-14(27)8-2-5-12-18(20(30)22-29-17-11-6-7-13-19(17)32-22)28-21(31)15-9-3-4-10-16(15)23(24,25)26;1-15(23)9-5-6-13-18(24-21(27)16-10-3-2-4-11-16)20(26)22-25-17-12-7-8-14-19(17)28-22;1-14(22)7-2-3-10-17(24-20(27)15-8-6-12-23-13-15)19(26)21-25-16-9-4-5-11-18(16)28-21;1-13(22)6-2-3-8-17(24-20(27)14-10-11-15(23)12-14)19(26)21-25-16-7-4-5-9-18(16)28-21;1-13(21)6-2-3-8-16(23-19(26)14-10-11-22-12-14)18(25)20-24-15-7-4-5-9-17(15)27-20/h3-4,6-7,9-11,13,18,27H,2,5,8,12H2,1H3,(H,28,31);2-4,7-8,10-12,14,18,23H,5-6,9,13H2,1H3,(H,24,27);4-5,9,11,15,17,22-23H,2-3,6-8,10,12-13H2,1H3,(H,24,27);4-5,7,9,14-15,17,22H,2-3,6,8,10-12,23H2,1H3,(H,24,27);4-5,7,9,14,16,21-22H,2-3,6,8,10-12H2,1H3,(H,23,26). The molecule has 1 saturated carbocycles. The van der Waals surface area contributed by atoms with Gasteiger partial charge in [0.25, 0.3) is 11.8 Å². The number of halogens is 3. The number of nitrogens with zero attached hydrogens (tertiary/aromatic N) is 5. The van der Waals surface area contributed by atoms with Gasteiger partial charge in [0.15, 0.2) is 25.0 Å². The molecule has 12 aromatic rings. The van der Waals surface area contributed by atoms with Crippen LogP contribution in [0, 0.1) is 44.8 Å². The van der Waals surface area contributed by atoms with Crippen LogP contribution in [0.1, 0.15) is 277 Å². The van der Waals surface area contributed by atoms with E-state index in [1.165, 1.54) is 68.8 Å². The van der Waals surface area contributed by atoms with Crippen LogP contribution in [0.4, 0.5) is 13.2 Å². The maximum Gasteiger partial charge on any atom is 0.417 e. The van der Waals surface area contributed by atoms with Gasteiger partial charge in [0, 0.05) is 59.2 Å². The zero-order valence-corrected chi connectivity index (χ0v) is 85.3. The van der Waals surface area contributed by atoms with Crippen LogP contribution in [0.25, 0.3) is 51.1 Å². The van der Waals surface area contributed by atoms with Gasteiger partial charge < -0.3 is 70.0 Å². The lowest BCUT2D eigenvalue weighted by Crippen LogP contribution is -2.47. The van der Waals surface area contributed by atoms with E-state index in [2.05, 4.69) is 62.1 Å². The van der Waals surface area contributed by atoms with Gasteiger partial charge in [0.2, 0.25) is 46.6 Å². The number of Topliss-reactive ketones (excluding diaryl/α,β-unsaturated/α-hetero) is 5. The molecule has 7 heterocycles. The number of amides is 5. The molecule has 7 aromatic carbocycles. The molecule has 14 N–H and O–H groups in total. The minimum atomic E-state index is -4.69. The number of nitrogens with one attached hydrogen (secondary N) is 12. The first-order chi connectivity index (χ1) is 68.7. The fourth-order valence-corrected chi connectivity index (χ4v) is 21.5. The Morgan fingerprint density at radius 2 is 0.636 bits per heavy atom. The van der Waals surface area contributed by atoms with E-state index >= 15 is 0 Å². The minimum Gasteiger partial charge on any atom is -0.346 e. The van der Waals surface area contributed by atoms with Crippen molar-refractivity contribution >= 4 is 195 Å². The Kier molecular flexibility index (Phi) is 43.6. The molecule has 0 bridgehead atoms. The second kappa shape index (κ2) is 56.1. The molecular weight excluding hydrogens is 1910 g/mol. The summed E-state index contributed by atoms with van der Waals surface area (Å²) >= 11 is 6.67. The number of fused-ring (bicyclic) bond motifs is 5. The molecule has 9 unspecified atom stereocenters. The predicted molar refractivity (Wildman–Crippen MR) is 567 cm³/mol. The number of thiazole rings is 5. The molecule has 9 atom stereocenters. The maximum atomic E-state index is 13.3. The van der Waals surface area contributed by atoms with E-state index in [9.17, 15) is 61.1 Å². The number of aromatic nitrogens is 5. The summed E-state index contributed by atoms with van der Waals surface area (Å²) < 4.78 is 44.7. The Bertz CT molecular complexity index is 6130. The zero-order valence-electron chi connectivity index (χ0n) is 81.2. The first-order valence-corrected chi connectivity index (χ1v) is 52.9. The van der Waals surface area contributed by atoms with Crippen molar-refractivity contribution in [3.8, 4) is 0 Å². The number of ketones is 5. The van der Waals surface area contributed by atoms with E-state index in [4.69, 9.17) is 32.8 Å². The summed E-state index contributed by atoms with van der Waals surface area (Å²) in [6, 6.07) is 48.0. The lowest BCUT2D eigenvalue weighted by molar-refractivity contribution is -0.138. The smallest absolute Gasteiger partial charge is 0.346 e. The fourth-order valence-electron chi connectivity index (χ4n) is 16.7. The van der Waals surface area contributed by atoms with Gasteiger partial charge in [-0.15, -0.1) is 56.7 Å². The first-order valence-electron chi connectivity index (χ1n) is 48.8. The Hall–Kier alpha value is -12.3. The van der Waals surface area contributed by atoms with Gasteiger partial charge in [0.05, 0.1) is 104 Å². The summed E-state index contributed by atoms with van der Waals surface area (Å²) in [6.45, 7) is 11.9. The van der Waals surface area contributed by atoms with Crippen LogP contribution >= 0.6 is 56.7 Å². The van der Waals surface area contributed by atoms with Crippen LogP contribution in [0.2, 0.25) is 0 Å². The van der Waals surface area contributed by atoms with Crippen molar-refractivity contribution in [2.75, 3.05) is 26.2 Å². The molecule has 3 aliphatic rings. The molecule has 0 spiro atoms. The van der Waals surface area contributed by atoms with Crippen LogP contribution in [0.3, 0.4) is 0 Å². The van der Waals surface area contributed by atoms with Crippen LogP contribution < -0.4 is 43.0 Å². The molecule has 2 saturated heterocycles. The Morgan fingerprint density at radius 1 is 0.350 bits per heavy atom. The number of nitrogens with two attached hydrogens (primary N) is 1. The van der Waals surface area contributed by atoms with E-state index in [-0.39, 0.29) is 82.0 Å². The van der Waals surface area contributed by atoms with Crippen molar-refractivity contribution in [1.82, 2.24) is 62.1 Å². The summed E-state index contributed by atoms with van der Waals surface area (Å²) in [5.74, 6) is -2.58. The van der Waals surface area contributed by atoms with E-state index < -0.39 is 59.2 Å². The van der Waals surface area contributed by atoms with E-state index in [1.54, 1.807) is 71.0 Å². The molecule has 756 valence electrons. The quantitative estimate of drug-likeness (QED) is 0.00957. The third-order valence-corrected chi connectivity index (χ3v) is 29.8. The van der Waals surface area contributed by atoms with Gasteiger partial charge in [-0.2, -0.15) is 13.2 Å². The first kappa shape index (κ1) is 111. The number of piperidine rings is 1. The Morgan fingerprint density at radius 3 is 0.923 bits per heavy atom. The van der Waals surface area contributed by atoms with E-state index in [1.807, 2.05) is 115 Å². The van der Waals surface area contributed by atoms with Gasteiger partial charge in [-0.05, 0) is 267 Å². The number of alkyl halides is 3. The summed E-state index contributed by atoms with van der Waals surface area (Å²) in [5, 5.41) is 60.5. The molecule has 2 aliphatic heterocycles. The molecule has 1 aliphatic carbocycles. The summed E-state index contributed by atoms with van der Waals surface area (Å²) in [4.78, 5) is 151. The summed E-state index contributed by atoms with van der Waals surface area (Å²) in [6.07, 6.45) is 13.8. The normalized spacial score (nSPS) is 16.0. The van der Waals surface area contributed by atoms with Gasteiger partial charge in [-0.3, -0.25) is 47.9 Å². The van der Waals surface area contributed by atoms with Crippen LogP contribution in [0.5, 0.6) is 0 Å². The molecule has 36 heteroatoms. The number of benzene rings is 7. The maximum absolute atomic E-state index is 13.3. The highest BCUT2D eigenvalue weighted by Gasteiger charge is 2.38. The lowest BCUT2D eigenvalue weighted by Gasteiger charge is -2.24. The van der Waals surface area contributed by atoms with Crippen LogP contribution in [-0.2, 0) is 20.6 Å². The number of carbonyl (C=O) groups excluding carboxylic acids is 10. The topological polar surface area (TPSA) is 465 Å². The van der Waals surface area contributed by atoms with Gasteiger partial charge in [-0.25, -0.2) is 24.9 Å². The molecular formula is C107H127F3N18O10S5.